The van der Waals surface area contributed by atoms with Gasteiger partial charge in [0.2, 0.25) is 11.8 Å². The topological polar surface area (TPSA) is 105 Å². The molecule has 19 heavy (non-hydrogen) atoms. The Bertz CT molecular complexity index is 505. The van der Waals surface area contributed by atoms with E-state index in [1.165, 1.54) is 14.2 Å². The molecule has 1 aromatic carbocycles. The van der Waals surface area contributed by atoms with Crippen LogP contribution in [0.4, 0.5) is 0 Å². The third-order valence-corrected chi connectivity index (χ3v) is 3.69. The second kappa shape index (κ2) is 4.46. The molecule has 4 N–H and O–H groups in total. The lowest BCUT2D eigenvalue weighted by molar-refractivity contribution is -0.139. The van der Waals surface area contributed by atoms with Crippen molar-refractivity contribution in [3.05, 3.63) is 23.3 Å². The lowest BCUT2D eigenvalue weighted by atomic mass is 9.83. The molecule has 0 bridgehead atoms. The van der Waals surface area contributed by atoms with Gasteiger partial charge in [-0.05, 0) is 12.1 Å². The normalized spacial score (nSPS) is 15.7. The molecule has 1 aliphatic carbocycles. The van der Waals surface area contributed by atoms with Crippen molar-refractivity contribution in [1.82, 2.24) is 0 Å². The minimum Gasteiger partial charge on any atom is -0.496 e. The van der Waals surface area contributed by atoms with Gasteiger partial charge in [0.15, 0.2) is 0 Å². The van der Waals surface area contributed by atoms with Crippen molar-refractivity contribution >= 4 is 11.8 Å². The minimum absolute atomic E-state index is 0.146. The van der Waals surface area contributed by atoms with E-state index in [4.69, 9.17) is 20.9 Å². The number of carbonyl (C=O) groups excluding carboxylic acids is 2. The lowest BCUT2D eigenvalue weighted by Gasteiger charge is -2.20. The van der Waals surface area contributed by atoms with Crippen LogP contribution in [0.25, 0.3) is 0 Å². The standard InChI is InChI=1S/C13H16N2O4/c1-18-9-3-4-10(19-2)8-6-13(11(14)16,12(15)17)5-7(8)9/h3-4H,5-6H2,1-2H3,(H2,14,16)(H2,15,17). The average Bonchev–Trinajstić information content (AvgIpc) is 2.79. The van der Waals surface area contributed by atoms with Gasteiger partial charge < -0.3 is 20.9 Å². The maximum absolute atomic E-state index is 11.7. The molecule has 0 aliphatic heterocycles. The Morgan fingerprint density at radius 1 is 1.00 bits per heavy atom. The van der Waals surface area contributed by atoms with Crippen LogP contribution in [-0.2, 0) is 22.4 Å². The first-order valence-electron chi connectivity index (χ1n) is 5.79. The predicted octanol–water partition coefficient (Wildman–Crippen LogP) is -0.241. The molecule has 0 heterocycles. The van der Waals surface area contributed by atoms with Crippen LogP contribution in [0.1, 0.15) is 11.1 Å². The van der Waals surface area contributed by atoms with Crippen molar-refractivity contribution in [2.45, 2.75) is 12.8 Å². The highest BCUT2D eigenvalue weighted by Crippen LogP contribution is 2.45. The monoisotopic (exact) mass is 264 g/mol. The number of fused-ring (bicyclic) bond motifs is 1. The summed E-state index contributed by atoms with van der Waals surface area (Å²) in [6, 6.07) is 3.46. The summed E-state index contributed by atoms with van der Waals surface area (Å²) in [5, 5.41) is 0. The van der Waals surface area contributed by atoms with E-state index in [0.29, 0.717) is 11.5 Å². The van der Waals surface area contributed by atoms with Gasteiger partial charge in [-0.15, -0.1) is 0 Å². The maximum Gasteiger partial charge on any atom is 0.233 e. The fourth-order valence-corrected chi connectivity index (χ4v) is 2.56. The molecule has 2 rings (SSSR count). The van der Waals surface area contributed by atoms with E-state index >= 15 is 0 Å². The average molecular weight is 264 g/mol. The van der Waals surface area contributed by atoms with E-state index in [1.807, 2.05) is 0 Å². The van der Waals surface area contributed by atoms with Crippen molar-refractivity contribution in [2.75, 3.05) is 14.2 Å². The van der Waals surface area contributed by atoms with Crippen molar-refractivity contribution in [3.8, 4) is 11.5 Å². The molecule has 6 heteroatoms. The predicted molar refractivity (Wildman–Crippen MR) is 67.8 cm³/mol. The highest BCUT2D eigenvalue weighted by atomic mass is 16.5. The molecule has 0 unspecified atom stereocenters. The van der Waals surface area contributed by atoms with E-state index in [9.17, 15) is 9.59 Å². The summed E-state index contributed by atoms with van der Waals surface area (Å²) in [5.41, 5.74) is 10.8. The van der Waals surface area contributed by atoms with Crippen LogP contribution in [0.3, 0.4) is 0 Å². The number of primary amides is 2. The van der Waals surface area contributed by atoms with Crippen LogP contribution in [0, 0.1) is 5.41 Å². The first-order chi connectivity index (χ1) is 8.96. The van der Waals surface area contributed by atoms with E-state index in [-0.39, 0.29) is 12.8 Å². The fraction of sp³-hybridized carbons (Fsp3) is 0.385. The smallest absolute Gasteiger partial charge is 0.233 e. The number of hydrogen-bond acceptors (Lipinski definition) is 4. The summed E-state index contributed by atoms with van der Waals surface area (Å²) in [5.74, 6) is -0.249. The van der Waals surface area contributed by atoms with Crippen molar-refractivity contribution < 1.29 is 19.1 Å². The molecule has 0 radical (unpaired) electrons. The molecule has 0 saturated carbocycles. The molecular formula is C13H16N2O4. The van der Waals surface area contributed by atoms with E-state index in [1.54, 1.807) is 12.1 Å². The molecule has 0 spiro atoms. The van der Waals surface area contributed by atoms with Gasteiger partial charge in [0, 0.05) is 24.0 Å². The largest absolute Gasteiger partial charge is 0.496 e. The second-order valence-electron chi connectivity index (χ2n) is 4.59. The fourth-order valence-electron chi connectivity index (χ4n) is 2.56. The molecule has 102 valence electrons. The van der Waals surface area contributed by atoms with Crippen LogP contribution < -0.4 is 20.9 Å². The van der Waals surface area contributed by atoms with Gasteiger partial charge in [0.25, 0.3) is 0 Å². The third kappa shape index (κ3) is 1.80. The Hall–Kier alpha value is -2.24. The van der Waals surface area contributed by atoms with Crippen molar-refractivity contribution in [1.29, 1.82) is 0 Å². The van der Waals surface area contributed by atoms with Crippen LogP contribution in [0.15, 0.2) is 12.1 Å². The molecule has 6 nitrogen and oxygen atoms in total. The van der Waals surface area contributed by atoms with Gasteiger partial charge >= 0.3 is 0 Å². The number of carbonyl (C=O) groups is 2. The number of benzene rings is 1. The number of nitrogens with two attached hydrogens (primary N) is 2. The van der Waals surface area contributed by atoms with E-state index in [0.717, 1.165) is 11.1 Å². The van der Waals surface area contributed by atoms with Gasteiger partial charge in [-0.2, -0.15) is 0 Å². The summed E-state index contributed by atoms with van der Waals surface area (Å²) in [6.07, 6.45) is 0.292. The maximum atomic E-state index is 11.7. The molecule has 0 fully saturated rings. The zero-order valence-electron chi connectivity index (χ0n) is 10.9. The number of rotatable bonds is 4. The Balaban J connectivity index is 2.59. The van der Waals surface area contributed by atoms with Crippen LogP contribution in [0.2, 0.25) is 0 Å². The van der Waals surface area contributed by atoms with E-state index < -0.39 is 17.2 Å². The Morgan fingerprint density at radius 3 is 1.63 bits per heavy atom. The zero-order chi connectivity index (χ0) is 14.2. The van der Waals surface area contributed by atoms with Gasteiger partial charge in [-0.25, -0.2) is 0 Å². The molecule has 0 saturated heterocycles. The number of hydrogen-bond donors (Lipinski definition) is 2. The summed E-state index contributed by atoms with van der Waals surface area (Å²) in [4.78, 5) is 23.3. The van der Waals surface area contributed by atoms with Gasteiger partial charge in [0.05, 0.1) is 14.2 Å². The summed E-state index contributed by atoms with van der Waals surface area (Å²) < 4.78 is 10.5. The quantitative estimate of drug-likeness (QED) is 0.732. The number of methoxy groups -OCH3 is 2. The van der Waals surface area contributed by atoms with Gasteiger partial charge in [-0.1, -0.05) is 0 Å². The van der Waals surface area contributed by atoms with Crippen molar-refractivity contribution in [2.24, 2.45) is 16.9 Å². The molecule has 1 aromatic rings. The van der Waals surface area contributed by atoms with Crippen LogP contribution >= 0.6 is 0 Å². The third-order valence-electron chi connectivity index (χ3n) is 3.69. The molecule has 0 atom stereocenters. The Labute approximate surface area is 110 Å². The summed E-state index contributed by atoms with van der Waals surface area (Å²) >= 11 is 0. The highest BCUT2D eigenvalue weighted by Gasteiger charge is 2.49. The molecule has 0 aromatic heterocycles. The number of amides is 2. The summed E-state index contributed by atoms with van der Waals surface area (Å²) in [7, 11) is 3.05. The number of ether oxygens (including phenoxy) is 2. The van der Waals surface area contributed by atoms with Crippen LogP contribution in [-0.4, -0.2) is 26.0 Å². The lowest BCUT2D eigenvalue weighted by Crippen LogP contribution is -2.48. The SMILES string of the molecule is COc1ccc(OC)c2c1CC(C(N)=O)(C(N)=O)C2. The Morgan fingerprint density at radius 2 is 1.37 bits per heavy atom. The van der Waals surface area contributed by atoms with E-state index in [2.05, 4.69) is 0 Å². The summed E-state index contributed by atoms with van der Waals surface area (Å²) in [6.45, 7) is 0. The molecule has 1 aliphatic rings. The molecule has 2 amide bonds. The van der Waals surface area contributed by atoms with Crippen molar-refractivity contribution in [3.63, 3.8) is 0 Å². The first-order valence-corrected chi connectivity index (χ1v) is 5.79. The minimum atomic E-state index is -1.40. The van der Waals surface area contributed by atoms with Crippen LogP contribution in [0.5, 0.6) is 11.5 Å². The first kappa shape index (κ1) is 13.2. The van der Waals surface area contributed by atoms with Gasteiger partial charge in [0.1, 0.15) is 16.9 Å². The van der Waals surface area contributed by atoms with Gasteiger partial charge in [-0.3, -0.25) is 9.59 Å². The second-order valence-corrected chi connectivity index (χ2v) is 4.59. The molecular weight excluding hydrogens is 248 g/mol. The Kier molecular flexibility index (Phi) is 3.09. The zero-order valence-corrected chi connectivity index (χ0v) is 10.9. The highest BCUT2D eigenvalue weighted by molar-refractivity contribution is 6.05.